The largest absolute Gasteiger partial charge is 0.497 e. The Balaban J connectivity index is 1.94. The van der Waals surface area contributed by atoms with Crippen LogP contribution in [0.2, 0.25) is 0 Å². The van der Waals surface area contributed by atoms with E-state index in [1.807, 2.05) is 26.0 Å². The van der Waals surface area contributed by atoms with Crippen molar-refractivity contribution in [3.05, 3.63) is 45.7 Å². The summed E-state index contributed by atoms with van der Waals surface area (Å²) < 4.78 is 16.4. The molecule has 3 rings (SSSR count). The monoisotopic (exact) mass is 427 g/mol. The summed E-state index contributed by atoms with van der Waals surface area (Å²) in [6.07, 6.45) is 0.637. The Hall–Kier alpha value is -3.59. The lowest BCUT2D eigenvalue weighted by Crippen LogP contribution is -2.18. The maximum atomic E-state index is 12.8. The molecule has 0 saturated carbocycles. The molecule has 0 spiro atoms. The third-order valence-electron chi connectivity index (χ3n) is 4.85. The minimum atomic E-state index is -0.452. The first-order chi connectivity index (χ1) is 14.9. The van der Waals surface area contributed by atoms with Gasteiger partial charge in [0.1, 0.15) is 28.5 Å². The molecule has 0 bridgehead atoms. The minimum Gasteiger partial charge on any atom is -0.497 e. The molecular formula is C22H25N3O6. The molecule has 31 heavy (non-hydrogen) atoms. The second-order valence-electron chi connectivity index (χ2n) is 7.06. The first kappa shape index (κ1) is 22.1. The van der Waals surface area contributed by atoms with Crippen molar-refractivity contribution in [2.75, 3.05) is 20.8 Å². The normalized spacial score (nSPS) is 10.7. The fourth-order valence-electron chi connectivity index (χ4n) is 3.40. The van der Waals surface area contributed by atoms with Crippen LogP contribution < -0.4 is 25.2 Å². The Morgan fingerprint density at radius 3 is 2.45 bits per heavy atom. The highest BCUT2D eigenvalue weighted by molar-refractivity contribution is 5.87. The van der Waals surface area contributed by atoms with Gasteiger partial charge in [0.25, 0.3) is 5.56 Å². The maximum absolute atomic E-state index is 12.8. The van der Waals surface area contributed by atoms with Gasteiger partial charge in [0.2, 0.25) is 5.91 Å². The van der Waals surface area contributed by atoms with Gasteiger partial charge in [0.15, 0.2) is 0 Å². The summed E-state index contributed by atoms with van der Waals surface area (Å²) in [5.74, 6) is 1.61. The van der Waals surface area contributed by atoms with E-state index in [4.69, 9.17) is 19.4 Å². The number of H-pyrrole nitrogens is 1. The highest BCUT2D eigenvalue weighted by Gasteiger charge is 2.15. The predicted octanol–water partition coefficient (Wildman–Crippen LogP) is 2.89. The fourth-order valence-corrected chi connectivity index (χ4v) is 3.40. The standard InChI is InChI=1S/C22H25N3O6/c1-12-8-14(9-13(2)20(12)31-7-5-6-18(26)25-28)21-23-16-10-15(29-3)11-17(30-4)19(16)22(27)24-21/h8-11,28H,5-7H2,1-4H3,(H,25,26)(H,23,24,27). The molecule has 0 aliphatic rings. The van der Waals surface area contributed by atoms with E-state index in [2.05, 4.69) is 9.97 Å². The number of benzene rings is 2. The Morgan fingerprint density at radius 2 is 1.84 bits per heavy atom. The van der Waals surface area contributed by atoms with E-state index in [0.29, 0.717) is 47.0 Å². The van der Waals surface area contributed by atoms with Gasteiger partial charge < -0.3 is 19.2 Å². The summed E-state index contributed by atoms with van der Waals surface area (Å²) in [6.45, 7) is 4.13. The number of nitrogens with one attached hydrogen (secondary N) is 2. The second kappa shape index (κ2) is 9.48. The van der Waals surface area contributed by atoms with Crippen molar-refractivity contribution in [1.82, 2.24) is 15.4 Å². The Bertz CT molecular complexity index is 1150. The average Bonchev–Trinajstić information content (AvgIpc) is 2.76. The molecule has 3 aromatic rings. The fraction of sp³-hybridized carbons (Fsp3) is 0.318. The van der Waals surface area contributed by atoms with Crippen molar-refractivity contribution in [1.29, 1.82) is 0 Å². The van der Waals surface area contributed by atoms with Gasteiger partial charge in [0, 0.05) is 24.1 Å². The second-order valence-corrected chi connectivity index (χ2v) is 7.06. The van der Waals surface area contributed by atoms with Gasteiger partial charge in [-0.15, -0.1) is 0 Å². The summed E-state index contributed by atoms with van der Waals surface area (Å²) in [4.78, 5) is 31.3. The van der Waals surface area contributed by atoms with Crippen LogP contribution in [0.4, 0.5) is 0 Å². The number of aromatic nitrogens is 2. The molecule has 1 heterocycles. The van der Waals surface area contributed by atoms with E-state index in [-0.39, 0.29) is 12.0 Å². The Morgan fingerprint density at radius 1 is 1.13 bits per heavy atom. The first-order valence-electron chi connectivity index (χ1n) is 9.71. The van der Waals surface area contributed by atoms with E-state index in [0.717, 1.165) is 16.7 Å². The van der Waals surface area contributed by atoms with E-state index >= 15 is 0 Å². The number of nitrogens with zero attached hydrogens (tertiary/aromatic N) is 1. The topological polar surface area (TPSA) is 123 Å². The molecule has 0 unspecified atom stereocenters. The summed E-state index contributed by atoms with van der Waals surface area (Å²) in [5, 5.41) is 8.89. The van der Waals surface area contributed by atoms with E-state index in [1.54, 1.807) is 17.6 Å². The van der Waals surface area contributed by atoms with E-state index < -0.39 is 5.91 Å². The van der Waals surface area contributed by atoms with Crippen LogP contribution >= 0.6 is 0 Å². The molecule has 9 heteroatoms. The number of hydrogen-bond acceptors (Lipinski definition) is 7. The third-order valence-corrected chi connectivity index (χ3v) is 4.85. The van der Waals surface area contributed by atoms with Crippen LogP contribution in [0, 0.1) is 13.8 Å². The van der Waals surface area contributed by atoms with Crippen molar-refractivity contribution in [2.24, 2.45) is 0 Å². The number of aromatic amines is 1. The molecule has 0 fully saturated rings. The van der Waals surface area contributed by atoms with Crippen LogP contribution in [0.5, 0.6) is 17.2 Å². The van der Waals surface area contributed by atoms with Gasteiger partial charge in [-0.25, -0.2) is 10.5 Å². The number of rotatable bonds is 8. The number of aryl methyl sites for hydroxylation is 2. The number of amides is 1. The first-order valence-corrected chi connectivity index (χ1v) is 9.71. The number of hydrogen-bond donors (Lipinski definition) is 3. The molecule has 3 N–H and O–H groups in total. The molecule has 2 aromatic carbocycles. The lowest BCUT2D eigenvalue weighted by atomic mass is 10.0. The van der Waals surface area contributed by atoms with Crippen molar-refractivity contribution in [3.63, 3.8) is 0 Å². The van der Waals surface area contributed by atoms with Gasteiger partial charge >= 0.3 is 0 Å². The zero-order chi connectivity index (χ0) is 22.5. The zero-order valence-electron chi connectivity index (χ0n) is 17.9. The van der Waals surface area contributed by atoms with Crippen LogP contribution in [0.3, 0.4) is 0 Å². The third kappa shape index (κ3) is 4.77. The molecule has 0 radical (unpaired) electrons. The summed E-state index contributed by atoms with van der Waals surface area (Å²) in [5.41, 5.74) is 4.23. The quantitative estimate of drug-likeness (QED) is 0.287. The molecule has 9 nitrogen and oxygen atoms in total. The molecule has 164 valence electrons. The van der Waals surface area contributed by atoms with Gasteiger partial charge in [-0.05, 0) is 43.5 Å². The average molecular weight is 427 g/mol. The zero-order valence-corrected chi connectivity index (χ0v) is 17.9. The van der Waals surface area contributed by atoms with Gasteiger partial charge in [0.05, 0.1) is 26.3 Å². The van der Waals surface area contributed by atoms with Crippen LogP contribution in [0.25, 0.3) is 22.3 Å². The summed E-state index contributed by atoms with van der Waals surface area (Å²) in [6, 6.07) is 7.09. The number of ether oxygens (including phenoxy) is 3. The molecule has 1 amide bonds. The van der Waals surface area contributed by atoms with Crippen molar-refractivity contribution in [2.45, 2.75) is 26.7 Å². The number of carbonyl (C=O) groups is 1. The summed E-state index contributed by atoms with van der Waals surface area (Å²) in [7, 11) is 3.03. The van der Waals surface area contributed by atoms with Crippen LogP contribution in [-0.4, -0.2) is 41.9 Å². The van der Waals surface area contributed by atoms with Gasteiger partial charge in [-0.3, -0.25) is 14.8 Å². The smallest absolute Gasteiger partial charge is 0.262 e. The lowest BCUT2D eigenvalue weighted by Gasteiger charge is -2.14. The number of methoxy groups -OCH3 is 2. The van der Waals surface area contributed by atoms with Crippen molar-refractivity contribution < 1.29 is 24.2 Å². The SMILES string of the molecule is COc1cc(OC)c2c(=O)[nH]c(-c3cc(C)c(OCCCC(=O)NO)c(C)c3)nc2c1. The highest BCUT2D eigenvalue weighted by Crippen LogP contribution is 2.31. The lowest BCUT2D eigenvalue weighted by molar-refractivity contribution is -0.129. The Labute approximate surface area is 178 Å². The molecular weight excluding hydrogens is 402 g/mol. The maximum Gasteiger partial charge on any atom is 0.262 e. The molecule has 1 aromatic heterocycles. The molecule has 0 saturated heterocycles. The van der Waals surface area contributed by atoms with Gasteiger partial charge in [-0.2, -0.15) is 0 Å². The van der Waals surface area contributed by atoms with Crippen LogP contribution in [0.15, 0.2) is 29.1 Å². The minimum absolute atomic E-state index is 0.169. The number of hydroxylamine groups is 1. The predicted molar refractivity (Wildman–Crippen MR) is 115 cm³/mol. The molecule has 0 aliphatic heterocycles. The highest BCUT2D eigenvalue weighted by atomic mass is 16.5. The van der Waals surface area contributed by atoms with Crippen molar-refractivity contribution >= 4 is 16.8 Å². The van der Waals surface area contributed by atoms with Crippen LogP contribution in [-0.2, 0) is 4.79 Å². The number of carbonyl (C=O) groups excluding carboxylic acids is 1. The van der Waals surface area contributed by atoms with Gasteiger partial charge in [-0.1, -0.05) is 0 Å². The number of fused-ring (bicyclic) bond motifs is 1. The van der Waals surface area contributed by atoms with E-state index in [1.165, 1.54) is 14.2 Å². The molecule has 0 aliphatic carbocycles. The summed E-state index contributed by atoms with van der Waals surface area (Å²) >= 11 is 0. The van der Waals surface area contributed by atoms with Crippen LogP contribution in [0.1, 0.15) is 24.0 Å². The van der Waals surface area contributed by atoms with E-state index in [9.17, 15) is 9.59 Å². The molecule has 0 atom stereocenters. The Kier molecular flexibility index (Phi) is 6.76. The van der Waals surface area contributed by atoms with Crippen molar-refractivity contribution in [3.8, 4) is 28.6 Å².